The number of esters is 1. The lowest BCUT2D eigenvalue weighted by molar-refractivity contribution is -0.377. The van der Waals surface area contributed by atoms with Crippen molar-refractivity contribution in [2.24, 2.45) is 0 Å². The molecule has 0 amide bonds. The van der Waals surface area contributed by atoms with Crippen LogP contribution in [-0.4, -0.2) is 201 Å². The molecular weight excluding hydrogens is 744 g/mol. The fourth-order valence-corrected chi connectivity index (χ4v) is 6.59. The summed E-state index contributed by atoms with van der Waals surface area (Å²) >= 11 is 0. The van der Waals surface area contributed by atoms with Crippen molar-refractivity contribution in [1.82, 2.24) is 0 Å². The Morgan fingerprint density at radius 3 is 1.98 bits per heavy atom. The molecule has 0 saturated carbocycles. The van der Waals surface area contributed by atoms with Gasteiger partial charge in [-0.25, -0.2) is 4.79 Å². The van der Waals surface area contributed by atoms with E-state index in [9.17, 15) is 55.9 Å². The molecule has 0 bridgehead atoms. The van der Waals surface area contributed by atoms with Crippen molar-refractivity contribution in [2.45, 2.75) is 131 Å². The van der Waals surface area contributed by atoms with Crippen molar-refractivity contribution in [2.75, 3.05) is 27.4 Å². The summed E-state index contributed by atoms with van der Waals surface area (Å²) < 4.78 is 54.7. The summed E-state index contributed by atoms with van der Waals surface area (Å²) in [6.45, 7) is 1.66. The molecule has 21 heteroatoms. The topological polar surface area (TPSA) is 312 Å². The number of methoxy groups -OCH3 is 2. The number of ether oxygens (including phenoxy) is 10. The zero-order valence-corrected chi connectivity index (χ0v) is 30.2. The van der Waals surface area contributed by atoms with Crippen LogP contribution in [0, 0.1) is 0 Å². The molecule has 0 spiro atoms. The molecule has 0 unspecified atom stereocenters. The maximum atomic E-state index is 12.7. The summed E-state index contributed by atoms with van der Waals surface area (Å²) in [7, 11) is 2.94. The van der Waals surface area contributed by atoms with Crippen LogP contribution in [0.4, 0.5) is 0 Å². The third-order valence-corrected chi connectivity index (χ3v) is 9.79. The molecule has 4 aliphatic rings. The first-order valence-corrected chi connectivity index (χ1v) is 17.5. The first-order valence-electron chi connectivity index (χ1n) is 17.5. The van der Waals surface area contributed by atoms with E-state index in [0.29, 0.717) is 17.1 Å². The molecule has 5 rings (SSSR count). The average molecular weight is 795 g/mol. The molecule has 0 aliphatic carbocycles. The largest absolute Gasteiger partial charge is 0.493 e. The Balaban J connectivity index is 1.16. The predicted molar refractivity (Wildman–Crippen MR) is 178 cm³/mol. The van der Waals surface area contributed by atoms with Crippen LogP contribution in [0.25, 0.3) is 6.08 Å². The maximum Gasteiger partial charge on any atom is 0.331 e. The van der Waals surface area contributed by atoms with E-state index in [2.05, 4.69) is 0 Å². The van der Waals surface area contributed by atoms with Crippen LogP contribution in [0.15, 0.2) is 24.3 Å². The van der Waals surface area contributed by atoms with E-state index in [1.54, 1.807) is 18.2 Å². The lowest BCUT2D eigenvalue weighted by Gasteiger charge is -2.47. The van der Waals surface area contributed by atoms with Gasteiger partial charge in [0.05, 0.1) is 39.6 Å². The van der Waals surface area contributed by atoms with Crippen LogP contribution in [0.2, 0.25) is 0 Å². The number of benzene rings is 1. The SMILES string of the molecule is COc1ccc(/C=C/C(=O)O[C@@H]2[C@H](O)[C@@H](O[C@@H]3O[C@@H](C)[C@H](O[C@@H]4OC[C@@H](O[C@@H]5O[C@H](CO)[C@H](O)[C@H](O)[C@H]5O)[C@H](O)[C@H]4O)[C@@H](O)[C@H]3O)[C@H](O)O[C@@H]2C)cc1OC. The summed E-state index contributed by atoms with van der Waals surface area (Å²) in [4.78, 5) is 12.7. The second kappa shape index (κ2) is 18.7. The standard InChI is InChI=1S/C34H50O21/c1-12-29(53-19(36)8-6-14-5-7-15(46-3)16(9-14)47-4)27(44)30(31(45)49-12)55-33-26(43)23(40)28(13(2)50-33)54-32-24(41)21(38)18(11-48-32)52-34-25(42)22(39)20(37)17(10-35)51-34/h5-9,12-13,17-18,20-35,37-45H,10-11H2,1-4H3/b8-6+/t12-,13+,17-,18-,20+,21+,22+,23+,24-,25-,26-,27+,28+,29+,30-,31-,32+,33+,34+/m1/s1. The number of hydrogen-bond donors (Lipinski definition) is 10. The number of carbonyl (C=O) groups excluding carboxylic acids is 1. The molecular formula is C34H50O21. The smallest absolute Gasteiger partial charge is 0.331 e. The lowest BCUT2D eigenvalue weighted by atomic mass is 9.97. The summed E-state index contributed by atoms with van der Waals surface area (Å²) in [6.07, 6.45) is -27.6. The lowest BCUT2D eigenvalue weighted by Crippen LogP contribution is -2.65. The summed E-state index contributed by atoms with van der Waals surface area (Å²) in [5, 5.41) is 105. The van der Waals surface area contributed by atoms with Crippen molar-refractivity contribution in [3.63, 3.8) is 0 Å². The number of aliphatic hydroxyl groups excluding tert-OH is 10. The Hall–Kier alpha value is -2.65. The fourth-order valence-electron chi connectivity index (χ4n) is 6.59. The molecule has 4 heterocycles. The van der Waals surface area contributed by atoms with E-state index in [1.807, 2.05) is 0 Å². The summed E-state index contributed by atoms with van der Waals surface area (Å²) in [5.74, 6) is 0.0403. The minimum absolute atomic E-state index is 0.427. The Kier molecular flexibility index (Phi) is 14.8. The molecule has 21 nitrogen and oxygen atoms in total. The van der Waals surface area contributed by atoms with Crippen LogP contribution in [0.1, 0.15) is 19.4 Å². The van der Waals surface area contributed by atoms with Gasteiger partial charge in [0.25, 0.3) is 0 Å². The Morgan fingerprint density at radius 2 is 1.31 bits per heavy atom. The van der Waals surface area contributed by atoms with Crippen molar-refractivity contribution < 1.29 is 103 Å². The molecule has 1 aromatic carbocycles. The highest BCUT2D eigenvalue weighted by Gasteiger charge is 2.53. The number of aliphatic hydroxyl groups is 10. The number of hydrogen-bond acceptors (Lipinski definition) is 21. The highest BCUT2D eigenvalue weighted by atomic mass is 16.8. The second-order valence-electron chi connectivity index (χ2n) is 13.5. The van der Waals surface area contributed by atoms with Crippen molar-refractivity contribution in [3.8, 4) is 11.5 Å². The average Bonchev–Trinajstić information content (AvgIpc) is 3.16. The minimum Gasteiger partial charge on any atom is -0.493 e. The van der Waals surface area contributed by atoms with Gasteiger partial charge in [0, 0.05) is 6.08 Å². The highest BCUT2D eigenvalue weighted by Crippen LogP contribution is 2.33. The van der Waals surface area contributed by atoms with Gasteiger partial charge in [-0.05, 0) is 37.6 Å². The summed E-state index contributed by atoms with van der Waals surface area (Å²) in [5.41, 5.74) is 0.573. The first kappa shape index (κ1) is 43.5. The Morgan fingerprint density at radius 1 is 0.691 bits per heavy atom. The number of carbonyl (C=O) groups is 1. The van der Waals surface area contributed by atoms with E-state index in [1.165, 1.54) is 34.1 Å². The zero-order valence-electron chi connectivity index (χ0n) is 30.2. The molecule has 10 N–H and O–H groups in total. The molecule has 1 aromatic rings. The van der Waals surface area contributed by atoms with E-state index in [-0.39, 0.29) is 0 Å². The Labute approximate surface area is 314 Å². The molecule has 4 aliphatic heterocycles. The number of rotatable bonds is 12. The van der Waals surface area contributed by atoms with E-state index in [0.717, 1.165) is 6.08 Å². The van der Waals surface area contributed by atoms with Gasteiger partial charge in [0.15, 0.2) is 42.8 Å². The van der Waals surface area contributed by atoms with Crippen molar-refractivity contribution in [3.05, 3.63) is 29.8 Å². The van der Waals surface area contributed by atoms with Gasteiger partial charge in [-0.1, -0.05) is 6.07 Å². The molecule has 0 radical (unpaired) electrons. The quantitative estimate of drug-likeness (QED) is 0.0701. The van der Waals surface area contributed by atoms with Gasteiger partial charge in [-0.2, -0.15) is 0 Å². The second-order valence-corrected chi connectivity index (χ2v) is 13.5. The third kappa shape index (κ3) is 9.56. The van der Waals surface area contributed by atoms with E-state index < -0.39 is 136 Å². The first-order chi connectivity index (χ1) is 26.1. The predicted octanol–water partition coefficient (Wildman–Crippen LogP) is -4.77. The van der Waals surface area contributed by atoms with Gasteiger partial charge in [0.2, 0.25) is 0 Å². The molecule has 4 fully saturated rings. The molecule has 4 saturated heterocycles. The monoisotopic (exact) mass is 794 g/mol. The van der Waals surface area contributed by atoms with Crippen molar-refractivity contribution >= 4 is 12.0 Å². The zero-order chi connectivity index (χ0) is 40.3. The Bertz CT molecular complexity index is 1430. The van der Waals surface area contributed by atoms with Crippen LogP contribution in [0.5, 0.6) is 11.5 Å². The molecule has 55 heavy (non-hydrogen) atoms. The van der Waals surface area contributed by atoms with E-state index in [4.69, 9.17) is 47.4 Å². The third-order valence-electron chi connectivity index (χ3n) is 9.79. The van der Waals surface area contributed by atoms with Crippen LogP contribution in [-0.2, 0) is 42.7 Å². The fraction of sp³-hybridized carbons (Fsp3) is 0.735. The summed E-state index contributed by atoms with van der Waals surface area (Å²) in [6, 6.07) is 4.94. The van der Waals surface area contributed by atoms with Crippen LogP contribution >= 0.6 is 0 Å². The van der Waals surface area contributed by atoms with Gasteiger partial charge in [0.1, 0.15) is 73.2 Å². The molecule has 19 atom stereocenters. The van der Waals surface area contributed by atoms with Gasteiger partial charge in [-0.15, -0.1) is 0 Å². The van der Waals surface area contributed by atoms with Crippen molar-refractivity contribution in [1.29, 1.82) is 0 Å². The minimum atomic E-state index is -1.89. The van der Waals surface area contributed by atoms with Crippen LogP contribution < -0.4 is 9.47 Å². The molecule has 0 aromatic heterocycles. The normalized spacial score (nSPS) is 43.9. The van der Waals surface area contributed by atoms with Crippen LogP contribution in [0.3, 0.4) is 0 Å². The van der Waals surface area contributed by atoms with Gasteiger partial charge >= 0.3 is 5.97 Å². The highest BCUT2D eigenvalue weighted by molar-refractivity contribution is 5.87. The van der Waals surface area contributed by atoms with Gasteiger partial charge in [-0.3, -0.25) is 0 Å². The van der Waals surface area contributed by atoms with E-state index >= 15 is 0 Å². The van der Waals surface area contributed by atoms with Gasteiger partial charge < -0.3 is 98.4 Å². The molecule has 312 valence electrons. The maximum absolute atomic E-state index is 12.7.